The summed E-state index contributed by atoms with van der Waals surface area (Å²) in [5.41, 5.74) is -0.516. The molecule has 2 rings (SSSR count). The smallest absolute Gasteiger partial charge is 0.0953 e. The van der Waals surface area contributed by atoms with Gasteiger partial charge in [-0.25, -0.2) is 4.98 Å². The molecule has 2 nitrogen and oxygen atoms in total. The van der Waals surface area contributed by atoms with Crippen LogP contribution in [0.25, 0.3) is 0 Å². The Balaban J connectivity index is 2.01. The molecule has 12 heavy (non-hydrogen) atoms. The van der Waals surface area contributed by atoms with Gasteiger partial charge in [0.05, 0.1) is 10.6 Å². The topological polar surface area (TPSA) is 33.1 Å². The molecule has 1 unspecified atom stereocenters. The van der Waals surface area contributed by atoms with Crippen LogP contribution in [-0.4, -0.2) is 15.7 Å². The molecule has 0 saturated heterocycles. The van der Waals surface area contributed by atoms with Crippen LogP contribution in [0.2, 0.25) is 0 Å². The van der Waals surface area contributed by atoms with E-state index in [1.807, 2.05) is 12.3 Å². The average Bonchev–Trinajstić information content (AvgIpc) is 2.74. The molecule has 1 aliphatic rings. The van der Waals surface area contributed by atoms with E-state index in [2.05, 4.69) is 4.98 Å². The van der Waals surface area contributed by atoms with Crippen molar-refractivity contribution in [3.8, 4) is 0 Å². The van der Waals surface area contributed by atoms with Gasteiger partial charge >= 0.3 is 0 Å². The minimum Gasteiger partial charge on any atom is -0.389 e. The van der Waals surface area contributed by atoms with E-state index in [0.717, 1.165) is 11.4 Å². The molecule has 3 heteroatoms. The van der Waals surface area contributed by atoms with Crippen LogP contribution in [0.1, 0.15) is 24.8 Å². The molecule has 1 aromatic heterocycles. The molecule has 1 fully saturated rings. The van der Waals surface area contributed by atoms with Crippen LogP contribution in [-0.2, 0) is 6.42 Å². The van der Waals surface area contributed by atoms with Gasteiger partial charge in [0.15, 0.2) is 0 Å². The Hall–Kier alpha value is -0.410. The van der Waals surface area contributed by atoms with Crippen molar-refractivity contribution in [1.82, 2.24) is 4.98 Å². The Kier molecular flexibility index (Phi) is 1.93. The first-order chi connectivity index (χ1) is 5.68. The van der Waals surface area contributed by atoms with Gasteiger partial charge in [-0.1, -0.05) is 0 Å². The highest BCUT2D eigenvalue weighted by Gasteiger charge is 2.40. The van der Waals surface area contributed by atoms with Crippen molar-refractivity contribution in [2.75, 3.05) is 0 Å². The number of aromatic nitrogens is 1. The van der Waals surface area contributed by atoms with Crippen molar-refractivity contribution in [3.63, 3.8) is 0 Å². The lowest BCUT2D eigenvalue weighted by Gasteiger charge is -2.21. The van der Waals surface area contributed by atoms with Crippen LogP contribution in [0.4, 0.5) is 0 Å². The molecule has 0 radical (unpaired) electrons. The van der Waals surface area contributed by atoms with Crippen LogP contribution in [0.5, 0.6) is 0 Å². The maximum atomic E-state index is 9.99. The van der Waals surface area contributed by atoms with Crippen LogP contribution < -0.4 is 0 Å². The van der Waals surface area contributed by atoms with Crippen molar-refractivity contribution in [1.29, 1.82) is 0 Å². The number of aliphatic hydroxyl groups is 1. The van der Waals surface area contributed by atoms with E-state index in [4.69, 9.17) is 0 Å². The third-order valence-corrected chi connectivity index (χ3v) is 3.23. The fraction of sp³-hybridized carbons (Fsp3) is 0.667. The van der Waals surface area contributed by atoms with Gasteiger partial charge in [-0.2, -0.15) is 0 Å². The lowest BCUT2D eigenvalue weighted by atomic mass is 9.97. The van der Waals surface area contributed by atoms with Crippen molar-refractivity contribution in [2.45, 2.75) is 31.8 Å². The van der Waals surface area contributed by atoms with Gasteiger partial charge in [0, 0.05) is 18.0 Å². The second-order valence-electron chi connectivity index (χ2n) is 3.73. The van der Waals surface area contributed by atoms with E-state index in [-0.39, 0.29) is 0 Å². The maximum absolute atomic E-state index is 9.99. The molecule has 1 N–H and O–H groups in total. The Labute approximate surface area is 76.3 Å². The molecule has 0 bridgehead atoms. The Morgan fingerprint density at radius 3 is 3.00 bits per heavy atom. The lowest BCUT2D eigenvalue weighted by Crippen LogP contribution is -2.29. The minimum atomic E-state index is -0.516. The zero-order chi connectivity index (χ0) is 8.60. The molecular formula is C9H13NOS. The predicted octanol–water partition coefficient (Wildman–Crippen LogP) is 1.85. The minimum absolute atomic E-state index is 0.515. The predicted molar refractivity (Wildman–Crippen MR) is 49.2 cm³/mol. The first kappa shape index (κ1) is 8.20. The average molecular weight is 183 g/mol. The van der Waals surface area contributed by atoms with E-state index in [1.165, 1.54) is 12.8 Å². The number of rotatable bonds is 3. The third kappa shape index (κ3) is 1.67. The van der Waals surface area contributed by atoms with Crippen molar-refractivity contribution >= 4 is 11.3 Å². The van der Waals surface area contributed by atoms with E-state index in [9.17, 15) is 5.11 Å². The third-order valence-electron chi connectivity index (χ3n) is 2.45. The van der Waals surface area contributed by atoms with Crippen LogP contribution in [0, 0.1) is 5.92 Å². The summed E-state index contributed by atoms with van der Waals surface area (Å²) < 4.78 is 0. The largest absolute Gasteiger partial charge is 0.389 e. The summed E-state index contributed by atoms with van der Waals surface area (Å²) in [6.45, 7) is 1.92. The number of hydrogen-bond acceptors (Lipinski definition) is 3. The summed E-state index contributed by atoms with van der Waals surface area (Å²) in [6, 6.07) is 0. The van der Waals surface area contributed by atoms with Gasteiger partial charge in [0.2, 0.25) is 0 Å². The van der Waals surface area contributed by atoms with Gasteiger partial charge in [-0.15, -0.1) is 11.3 Å². The van der Waals surface area contributed by atoms with Crippen LogP contribution >= 0.6 is 11.3 Å². The molecule has 1 saturated carbocycles. The molecule has 1 aliphatic carbocycles. The number of nitrogens with zero attached hydrogens (tertiary/aromatic N) is 1. The second kappa shape index (κ2) is 2.82. The second-order valence-corrected chi connectivity index (χ2v) is 4.71. The molecule has 1 aromatic rings. The first-order valence-electron chi connectivity index (χ1n) is 4.29. The van der Waals surface area contributed by atoms with Gasteiger partial charge in [-0.3, -0.25) is 0 Å². The Morgan fingerprint density at radius 1 is 1.75 bits per heavy atom. The molecule has 0 aliphatic heterocycles. The molecule has 0 spiro atoms. The molecule has 1 heterocycles. The van der Waals surface area contributed by atoms with Crippen molar-refractivity contribution in [3.05, 3.63) is 16.6 Å². The maximum Gasteiger partial charge on any atom is 0.0953 e. The zero-order valence-corrected chi connectivity index (χ0v) is 7.97. The summed E-state index contributed by atoms with van der Waals surface area (Å²) in [5, 5.41) is 13.0. The van der Waals surface area contributed by atoms with E-state index in [0.29, 0.717) is 5.92 Å². The Morgan fingerprint density at radius 2 is 2.50 bits per heavy atom. The summed E-state index contributed by atoms with van der Waals surface area (Å²) in [7, 11) is 0. The van der Waals surface area contributed by atoms with E-state index >= 15 is 0 Å². The molecule has 1 atom stereocenters. The standard InChI is InChI=1S/C9H13NOS/c1-9(11,7-2-3-7)6-8-10-4-5-12-8/h4-5,7,11H,2-3,6H2,1H3. The fourth-order valence-corrected chi connectivity index (χ4v) is 2.27. The van der Waals surface area contributed by atoms with Gasteiger partial charge < -0.3 is 5.11 Å². The molecule has 0 aromatic carbocycles. The van der Waals surface area contributed by atoms with E-state index in [1.54, 1.807) is 17.5 Å². The van der Waals surface area contributed by atoms with E-state index < -0.39 is 5.60 Å². The number of hydrogen-bond donors (Lipinski definition) is 1. The summed E-state index contributed by atoms with van der Waals surface area (Å²) in [4.78, 5) is 4.17. The van der Waals surface area contributed by atoms with Crippen molar-refractivity contribution in [2.24, 2.45) is 5.92 Å². The highest BCUT2D eigenvalue weighted by atomic mass is 32.1. The van der Waals surface area contributed by atoms with Crippen LogP contribution in [0.15, 0.2) is 11.6 Å². The van der Waals surface area contributed by atoms with Crippen LogP contribution in [0.3, 0.4) is 0 Å². The highest BCUT2D eigenvalue weighted by molar-refractivity contribution is 7.09. The highest BCUT2D eigenvalue weighted by Crippen LogP contribution is 2.41. The monoisotopic (exact) mass is 183 g/mol. The molecule has 66 valence electrons. The summed E-state index contributed by atoms with van der Waals surface area (Å²) in [6.07, 6.45) is 4.87. The Bertz CT molecular complexity index is 252. The fourth-order valence-electron chi connectivity index (χ4n) is 1.50. The van der Waals surface area contributed by atoms with Crippen molar-refractivity contribution < 1.29 is 5.11 Å². The first-order valence-corrected chi connectivity index (χ1v) is 5.17. The SMILES string of the molecule is CC(O)(Cc1nccs1)C1CC1. The summed E-state index contributed by atoms with van der Waals surface area (Å²) in [5.74, 6) is 0.515. The number of thiazole rings is 1. The normalized spacial score (nSPS) is 22.2. The van der Waals surface area contributed by atoms with Gasteiger partial charge in [-0.05, 0) is 25.7 Å². The van der Waals surface area contributed by atoms with Gasteiger partial charge in [0.25, 0.3) is 0 Å². The molecular weight excluding hydrogens is 170 g/mol. The quantitative estimate of drug-likeness (QED) is 0.775. The zero-order valence-electron chi connectivity index (χ0n) is 7.16. The molecule has 0 amide bonds. The summed E-state index contributed by atoms with van der Waals surface area (Å²) >= 11 is 1.62. The van der Waals surface area contributed by atoms with Gasteiger partial charge in [0.1, 0.15) is 0 Å². The lowest BCUT2D eigenvalue weighted by molar-refractivity contribution is 0.0371.